The first-order valence-electron chi connectivity index (χ1n) is 2.76. The Labute approximate surface area is 72.3 Å². The van der Waals surface area contributed by atoms with Crippen LogP contribution < -0.4 is 29.7 Å². The molecule has 0 bridgehead atoms. The first-order chi connectivity index (χ1) is 3.93. The number of benzene rings is 1. The minimum absolute atomic E-state index is 0. The van der Waals surface area contributed by atoms with Crippen LogP contribution in [0, 0.1) is 0 Å². The molecule has 0 amide bonds. The molecular weight excluding hydrogens is 225 g/mol. The van der Waals surface area contributed by atoms with Gasteiger partial charge in [0.15, 0.2) is 0 Å². The van der Waals surface area contributed by atoms with Crippen LogP contribution in [-0.2, 0) is 6.54 Å². The van der Waals surface area contributed by atoms with Gasteiger partial charge >= 0.3 is 0 Å². The van der Waals surface area contributed by atoms with Crippen molar-refractivity contribution in [2.45, 2.75) is 6.54 Å². The number of hydrogen-bond acceptors (Lipinski definition) is 0. The van der Waals surface area contributed by atoms with Gasteiger partial charge < -0.3 is 29.7 Å². The summed E-state index contributed by atoms with van der Waals surface area (Å²) in [6, 6.07) is 10.2. The summed E-state index contributed by atoms with van der Waals surface area (Å²) in [5, 5.41) is 0. The summed E-state index contributed by atoms with van der Waals surface area (Å²) >= 11 is 0. The van der Waals surface area contributed by atoms with Gasteiger partial charge in [0.25, 0.3) is 0 Å². The number of rotatable bonds is 1. The summed E-state index contributed by atoms with van der Waals surface area (Å²) in [6.07, 6.45) is 0. The lowest BCUT2D eigenvalue weighted by Crippen LogP contribution is -3.00. The summed E-state index contributed by atoms with van der Waals surface area (Å²) < 4.78 is 0. The van der Waals surface area contributed by atoms with Gasteiger partial charge in [-0.05, 0) is 0 Å². The quantitative estimate of drug-likeness (QED) is 0.518. The Morgan fingerprint density at radius 2 is 1.67 bits per heavy atom. The van der Waals surface area contributed by atoms with Gasteiger partial charge in [0.05, 0.1) is 6.54 Å². The summed E-state index contributed by atoms with van der Waals surface area (Å²) in [5.74, 6) is 0. The van der Waals surface area contributed by atoms with E-state index in [1.54, 1.807) is 0 Å². The van der Waals surface area contributed by atoms with E-state index in [4.69, 9.17) is 0 Å². The van der Waals surface area contributed by atoms with Crippen molar-refractivity contribution in [3.63, 3.8) is 0 Å². The van der Waals surface area contributed by atoms with Crippen LogP contribution in [0.4, 0.5) is 0 Å². The third-order valence-electron chi connectivity index (χ3n) is 1.13. The topological polar surface area (TPSA) is 27.6 Å². The Balaban J connectivity index is 0.000000640. The number of halogens is 1. The van der Waals surface area contributed by atoms with Crippen molar-refractivity contribution in [3.8, 4) is 0 Å². The molecule has 1 rings (SSSR count). The first-order valence-corrected chi connectivity index (χ1v) is 2.76. The van der Waals surface area contributed by atoms with E-state index in [9.17, 15) is 0 Å². The molecule has 0 saturated carbocycles. The van der Waals surface area contributed by atoms with Gasteiger partial charge in [0.2, 0.25) is 0 Å². The molecule has 0 radical (unpaired) electrons. The Morgan fingerprint density at radius 3 is 2.00 bits per heavy atom. The lowest BCUT2D eigenvalue weighted by molar-refractivity contribution is -0.386. The van der Waals surface area contributed by atoms with E-state index in [-0.39, 0.29) is 24.0 Å². The summed E-state index contributed by atoms with van der Waals surface area (Å²) in [6.45, 7) is 0.890. The van der Waals surface area contributed by atoms with Crippen LogP contribution in [0.25, 0.3) is 0 Å². The molecule has 0 aliphatic rings. The van der Waals surface area contributed by atoms with Gasteiger partial charge in [-0.2, -0.15) is 0 Å². The van der Waals surface area contributed by atoms with Crippen LogP contribution >= 0.6 is 0 Å². The zero-order chi connectivity index (χ0) is 5.82. The molecule has 0 fully saturated rings. The summed E-state index contributed by atoms with van der Waals surface area (Å²) in [4.78, 5) is 0. The Kier molecular flexibility index (Phi) is 4.71. The van der Waals surface area contributed by atoms with Gasteiger partial charge in [-0.1, -0.05) is 30.3 Å². The molecule has 3 N–H and O–H groups in total. The Bertz CT molecular complexity index is 150. The minimum atomic E-state index is 0. The third-order valence-corrected chi connectivity index (χ3v) is 1.13. The largest absolute Gasteiger partial charge is 1.00 e. The van der Waals surface area contributed by atoms with Crippen LogP contribution in [0.15, 0.2) is 30.3 Å². The molecule has 2 heteroatoms. The molecule has 0 aliphatic carbocycles. The van der Waals surface area contributed by atoms with Crippen molar-refractivity contribution in [1.82, 2.24) is 0 Å². The fourth-order valence-corrected chi connectivity index (χ4v) is 0.645. The van der Waals surface area contributed by atoms with E-state index >= 15 is 0 Å². The number of hydrogen-bond donors (Lipinski definition) is 1. The average Bonchev–Trinajstić information content (AvgIpc) is 1.90. The Hall–Kier alpha value is -0.0900. The van der Waals surface area contributed by atoms with Gasteiger partial charge in [0, 0.05) is 5.56 Å². The van der Waals surface area contributed by atoms with Crippen LogP contribution in [0.2, 0.25) is 0 Å². The second-order valence-corrected chi connectivity index (χ2v) is 1.74. The Morgan fingerprint density at radius 1 is 1.11 bits per heavy atom. The third kappa shape index (κ3) is 2.81. The van der Waals surface area contributed by atoms with Crippen molar-refractivity contribution in [3.05, 3.63) is 35.9 Å². The standard InChI is InChI=1S/C7H9N.HI/c8-6-7-4-2-1-3-5-7;/h1-5H,6,8H2;1H. The zero-order valence-corrected chi connectivity index (χ0v) is 7.34. The second kappa shape index (κ2) is 4.76. The average molecular weight is 235 g/mol. The molecule has 0 unspecified atom stereocenters. The highest BCUT2D eigenvalue weighted by Gasteiger charge is 1.82. The molecular formula is C7H10IN. The van der Waals surface area contributed by atoms with Crippen LogP contribution in [0.5, 0.6) is 0 Å². The van der Waals surface area contributed by atoms with E-state index in [2.05, 4.69) is 17.9 Å². The monoisotopic (exact) mass is 235 g/mol. The van der Waals surface area contributed by atoms with Gasteiger partial charge in [-0.25, -0.2) is 0 Å². The molecule has 0 spiro atoms. The summed E-state index contributed by atoms with van der Waals surface area (Å²) in [7, 11) is 0. The molecule has 1 nitrogen and oxygen atoms in total. The smallest absolute Gasteiger partial charge is 0.0997 e. The van der Waals surface area contributed by atoms with Crippen LogP contribution in [0.3, 0.4) is 0 Å². The first kappa shape index (κ1) is 8.91. The van der Waals surface area contributed by atoms with E-state index in [1.165, 1.54) is 5.56 Å². The molecule has 0 aromatic heterocycles. The maximum Gasteiger partial charge on any atom is 0.0997 e. The van der Waals surface area contributed by atoms with Crippen LogP contribution in [-0.4, -0.2) is 0 Å². The van der Waals surface area contributed by atoms with Crippen LogP contribution in [0.1, 0.15) is 5.56 Å². The van der Waals surface area contributed by atoms with E-state index in [0.29, 0.717) is 0 Å². The van der Waals surface area contributed by atoms with Gasteiger partial charge in [-0.3, -0.25) is 0 Å². The molecule has 0 aliphatic heterocycles. The highest BCUT2D eigenvalue weighted by atomic mass is 127. The van der Waals surface area contributed by atoms with Crippen molar-refractivity contribution in [1.29, 1.82) is 0 Å². The maximum absolute atomic E-state index is 3.76. The lowest BCUT2D eigenvalue weighted by atomic mass is 10.2. The molecule has 1 aromatic rings. The lowest BCUT2D eigenvalue weighted by Gasteiger charge is -1.87. The highest BCUT2D eigenvalue weighted by Crippen LogP contribution is 1.93. The molecule has 0 saturated heterocycles. The molecule has 0 heterocycles. The van der Waals surface area contributed by atoms with Crippen molar-refractivity contribution in [2.75, 3.05) is 0 Å². The maximum atomic E-state index is 3.76. The SMILES string of the molecule is [I-].[NH3+]Cc1ccccc1. The molecule has 0 atom stereocenters. The van der Waals surface area contributed by atoms with Crippen molar-refractivity contribution in [2.24, 2.45) is 0 Å². The molecule has 50 valence electrons. The van der Waals surface area contributed by atoms with E-state index < -0.39 is 0 Å². The molecule has 9 heavy (non-hydrogen) atoms. The highest BCUT2D eigenvalue weighted by molar-refractivity contribution is 5.12. The number of quaternary nitrogens is 1. The van der Waals surface area contributed by atoms with Gasteiger partial charge in [0.1, 0.15) is 0 Å². The van der Waals surface area contributed by atoms with Gasteiger partial charge in [-0.15, -0.1) is 0 Å². The predicted molar refractivity (Wildman–Crippen MR) is 33.0 cm³/mol. The van der Waals surface area contributed by atoms with E-state index in [0.717, 1.165) is 6.54 Å². The fraction of sp³-hybridized carbons (Fsp3) is 0.143. The molecule has 1 aromatic carbocycles. The van der Waals surface area contributed by atoms with Crippen molar-refractivity contribution < 1.29 is 29.7 Å². The minimum Gasteiger partial charge on any atom is -1.00 e. The van der Waals surface area contributed by atoms with Crippen molar-refractivity contribution >= 4 is 0 Å². The fourth-order valence-electron chi connectivity index (χ4n) is 0.645. The normalized spacial score (nSPS) is 8.11. The zero-order valence-electron chi connectivity index (χ0n) is 5.18. The van der Waals surface area contributed by atoms with E-state index in [1.807, 2.05) is 18.2 Å². The predicted octanol–water partition coefficient (Wildman–Crippen LogP) is -2.57. The summed E-state index contributed by atoms with van der Waals surface area (Å²) in [5.41, 5.74) is 5.05. The second-order valence-electron chi connectivity index (χ2n) is 1.74.